The molecule has 2 heterocycles. The standard InChI is InChI=1S/C47H74N4O11/c1-14-37-47(10,57)41(62-44(54)48-25-34-20-18-27(2)19-21-34)33(8)51(13)26-29(4)24-46(9,56)40(61-43-38(52)36(50(11)12)23-30(5)58-43)31(6)39(32(7)42(53)59-37)60-45(55)49-35-17-15-16-28(3)22-35/h15-22,29-33,36-41,43,52,56-57H,14,23-26H2,1-13H3,(H,48,54)(H,49,55)/t29-,30-,31+,32-,33-,36+,37-,38-,39+,40-,41-,43+,46-,47-/m1/s1. The number of anilines is 1. The number of alkyl carbamates (subject to hydrolysis) is 1. The lowest BCUT2D eigenvalue weighted by Crippen LogP contribution is -2.61. The van der Waals surface area contributed by atoms with Gasteiger partial charge in [0, 0.05) is 36.8 Å². The first-order chi connectivity index (χ1) is 28.9. The van der Waals surface area contributed by atoms with Gasteiger partial charge in [0.1, 0.15) is 23.9 Å². The Morgan fingerprint density at radius 2 is 1.61 bits per heavy atom. The maximum Gasteiger partial charge on any atom is 0.411 e. The van der Waals surface area contributed by atoms with Crippen LogP contribution in [-0.4, -0.2) is 137 Å². The Bertz CT molecular complexity index is 1770. The van der Waals surface area contributed by atoms with Gasteiger partial charge in [0.2, 0.25) is 0 Å². The summed E-state index contributed by atoms with van der Waals surface area (Å²) in [6, 6.07) is 13.9. The molecule has 2 fully saturated rings. The number of ether oxygens (including phenoxy) is 5. The Labute approximate surface area is 368 Å². The number of likely N-dealkylation sites (N-methyl/N-ethyl adjacent to an activating group) is 2. The van der Waals surface area contributed by atoms with Gasteiger partial charge >= 0.3 is 18.2 Å². The molecule has 5 N–H and O–H groups in total. The number of aliphatic hydroxyl groups is 3. The van der Waals surface area contributed by atoms with E-state index in [1.807, 2.05) is 95.9 Å². The van der Waals surface area contributed by atoms with Crippen LogP contribution in [0.3, 0.4) is 0 Å². The Morgan fingerprint density at radius 3 is 2.23 bits per heavy atom. The minimum atomic E-state index is -1.92. The number of aryl methyl sites for hydroxylation is 2. The maximum absolute atomic E-state index is 14.5. The van der Waals surface area contributed by atoms with Gasteiger partial charge in [-0.25, -0.2) is 9.59 Å². The molecule has 348 valence electrons. The van der Waals surface area contributed by atoms with Gasteiger partial charge < -0.3 is 49.2 Å². The Kier molecular flexibility index (Phi) is 17.8. The number of hydrogen-bond donors (Lipinski definition) is 5. The summed E-state index contributed by atoms with van der Waals surface area (Å²) < 4.78 is 31.3. The number of cyclic esters (lactones) is 1. The lowest BCUT2D eigenvalue weighted by molar-refractivity contribution is -0.299. The summed E-state index contributed by atoms with van der Waals surface area (Å²) >= 11 is 0. The van der Waals surface area contributed by atoms with Gasteiger partial charge in [0.25, 0.3) is 0 Å². The van der Waals surface area contributed by atoms with Crippen LogP contribution in [0.1, 0.15) is 91.3 Å². The number of carbonyl (C=O) groups excluding carboxylic acids is 3. The summed E-state index contributed by atoms with van der Waals surface area (Å²) in [6.07, 6.45) is -8.22. The number of esters is 1. The van der Waals surface area contributed by atoms with E-state index in [0.717, 1.165) is 16.7 Å². The molecule has 2 aromatic carbocycles. The first-order valence-corrected chi connectivity index (χ1v) is 22.0. The highest BCUT2D eigenvalue weighted by molar-refractivity contribution is 5.85. The first kappa shape index (κ1) is 50.8. The van der Waals surface area contributed by atoms with E-state index < -0.39 is 84.0 Å². The number of nitrogens with one attached hydrogen (secondary N) is 2. The monoisotopic (exact) mass is 871 g/mol. The predicted molar refractivity (Wildman–Crippen MR) is 236 cm³/mol. The van der Waals surface area contributed by atoms with Crippen molar-refractivity contribution in [2.45, 2.75) is 161 Å². The van der Waals surface area contributed by atoms with Crippen molar-refractivity contribution in [2.24, 2.45) is 17.8 Å². The van der Waals surface area contributed by atoms with E-state index in [4.69, 9.17) is 23.7 Å². The quantitative estimate of drug-likeness (QED) is 0.151. The molecule has 4 rings (SSSR count). The van der Waals surface area contributed by atoms with Crippen LogP contribution in [0.4, 0.5) is 15.3 Å². The van der Waals surface area contributed by atoms with Gasteiger partial charge in [0.05, 0.1) is 23.7 Å². The number of hydrogen-bond acceptors (Lipinski definition) is 13. The van der Waals surface area contributed by atoms with Crippen LogP contribution in [0.15, 0.2) is 48.5 Å². The fourth-order valence-corrected chi connectivity index (χ4v) is 9.17. The van der Waals surface area contributed by atoms with Gasteiger partial charge in [-0.05, 0) is 118 Å². The third-order valence-corrected chi connectivity index (χ3v) is 12.7. The molecule has 0 radical (unpaired) electrons. The number of amides is 2. The summed E-state index contributed by atoms with van der Waals surface area (Å²) in [5.74, 6) is -3.15. The fourth-order valence-electron chi connectivity index (χ4n) is 9.17. The van der Waals surface area contributed by atoms with Gasteiger partial charge in [-0.1, -0.05) is 62.7 Å². The highest BCUT2D eigenvalue weighted by Gasteiger charge is 2.52. The molecule has 14 atom stereocenters. The van der Waals surface area contributed by atoms with Crippen LogP contribution in [0, 0.1) is 31.6 Å². The van der Waals surface area contributed by atoms with E-state index in [0.29, 0.717) is 18.7 Å². The molecule has 15 heteroatoms. The van der Waals surface area contributed by atoms with Crippen molar-refractivity contribution >= 4 is 23.8 Å². The molecule has 0 spiro atoms. The summed E-state index contributed by atoms with van der Waals surface area (Å²) in [7, 11) is 5.56. The zero-order valence-corrected chi connectivity index (χ0v) is 39.1. The largest absolute Gasteiger partial charge is 0.459 e. The van der Waals surface area contributed by atoms with Crippen LogP contribution >= 0.6 is 0 Å². The molecule has 0 saturated carbocycles. The average molecular weight is 871 g/mol. The van der Waals surface area contributed by atoms with Crippen LogP contribution in [-0.2, 0) is 35.0 Å². The van der Waals surface area contributed by atoms with Crippen LogP contribution in [0.25, 0.3) is 0 Å². The highest BCUT2D eigenvalue weighted by atomic mass is 16.7. The summed E-state index contributed by atoms with van der Waals surface area (Å²) in [6.45, 7) is 18.2. The zero-order chi connectivity index (χ0) is 46.3. The van der Waals surface area contributed by atoms with E-state index in [2.05, 4.69) is 10.6 Å². The summed E-state index contributed by atoms with van der Waals surface area (Å²) in [4.78, 5) is 45.6. The number of nitrogens with zero attached hydrogens (tertiary/aromatic N) is 2. The molecule has 2 amide bonds. The molecule has 2 saturated heterocycles. The smallest absolute Gasteiger partial charge is 0.411 e. The Balaban J connectivity index is 1.77. The Hall–Kier alpha value is -3.83. The average Bonchev–Trinajstić information content (AvgIpc) is 3.19. The Morgan fingerprint density at radius 1 is 0.952 bits per heavy atom. The van der Waals surface area contributed by atoms with Gasteiger partial charge in [-0.15, -0.1) is 0 Å². The fraction of sp³-hybridized carbons (Fsp3) is 0.681. The van der Waals surface area contributed by atoms with E-state index in [-0.39, 0.29) is 37.5 Å². The number of aliphatic hydroxyl groups excluding tert-OH is 1. The maximum atomic E-state index is 14.5. The molecule has 0 bridgehead atoms. The second-order valence-corrected chi connectivity index (χ2v) is 18.7. The van der Waals surface area contributed by atoms with E-state index in [1.54, 1.807) is 45.9 Å². The number of benzene rings is 2. The molecule has 0 aliphatic carbocycles. The van der Waals surface area contributed by atoms with Crippen molar-refractivity contribution in [2.75, 3.05) is 33.0 Å². The molecular weight excluding hydrogens is 797 g/mol. The van der Waals surface area contributed by atoms with Gasteiger partial charge in [0.15, 0.2) is 12.4 Å². The molecule has 62 heavy (non-hydrogen) atoms. The van der Waals surface area contributed by atoms with Crippen LogP contribution in [0.2, 0.25) is 0 Å². The van der Waals surface area contributed by atoms with Crippen LogP contribution in [0.5, 0.6) is 0 Å². The number of carbonyl (C=O) groups is 3. The minimum absolute atomic E-state index is 0.140. The van der Waals surface area contributed by atoms with E-state index >= 15 is 0 Å². The van der Waals surface area contributed by atoms with Crippen molar-refractivity contribution in [3.8, 4) is 0 Å². The molecule has 0 unspecified atom stereocenters. The summed E-state index contributed by atoms with van der Waals surface area (Å²) in [5.41, 5.74) is -0.268. The molecule has 2 aliphatic heterocycles. The third kappa shape index (κ3) is 13.1. The molecule has 2 aromatic rings. The SMILES string of the molecule is CC[C@H]1OC(=O)[C@H](C)[C@@H](OC(=O)Nc2cccc(C)c2)[C@H](C)[C@@H](O[C@@H]2O[C@H](C)C[C@H](N(C)C)[C@H]2O)[C@](C)(O)C[C@@H](C)CN(C)[C@H](C)[C@@H](OC(=O)NCc2ccc(C)cc2)[C@]1(C)O. The van der Waals surface area contributed by atoms with Crippen molar-refractivity contribution in [1.82, 2.24) is 15.1 Å². The van der Waals surface area contributed by atoms with Crippen molar-refractivity contribution in [1.29, 1.82) is 0 Å². The normalized spacial score (nSPS) is 35.5. The van der Waals surface area contributed by atoms with Crippen molar-refractivity contribution in [3.63, 3.8) is 0 Å². The first-order valence-electron chi connectivity index (χ1n) is 22.0. The van der Waals surface area contributed by atoms with Crippen molar-refractivity contribution in [3.05, 3.63) is 65.2 Å². The molecule has 2 aliphatic rings. The van der Waals surface area contributed by atoms with Gasteiger partial charge in [-0.2, -0.15) is 0 Å². The predicted octanol–water partition coefficient (Wildman–Crippen LogP) is 5.78. The van der Waals surface area contributed by atoms with Crippen molar-refractivity contribution < 1.29 is 53.4 Å². The van der Waals surface area contributed by atoms with Gasteiger partial charge in [-0.3, -0.25) is 15.0 Å². The van der Waals surface area contributed by atoms with Crippen LogP contribution < -0.4 is 10.6 Å². The number of rotatable bonds is 9. The molecule has 15 nitrogen and oxygen atoms in total. The second kappa shape index (κ2) is 21.7. The lowest BCUT2D eigenvalue weighted by Gasteiger charge is -2.47. The molecular formula is C47H74N4O11. The summed E-state index contributed by atoms with van der Waals surface area (Å²) in [5, 5.41) is 42.2. The minimum Gasteiger partial charge on any atom is -0.459 e. The van der Waals surface area contributed by atoms with E-state index in [9.17, 15) is 29.7 Å². The highest BCUT2D eigenvalue weighted by Crippen LogP contribution is 2.38. The zero-order valence-electron chi connectivity index (χ0n) is 39.1. The third-order valence-electron chi connectivity index (χ3n) is 12.7. The topological polar surface area (TPSA) is 189 Å². The lowest BCUT2D eigenvalue weighted by atomic mass is 9.77. The second-order valence-electron chi connectivity index (χ2n) is 18.7. The molecule has 0 aromatic heterocycles. The van der Waals surface area contributed by atoms with E-state index in [1.165, 1.54) is 6.92 Å².